The molecule has 0 amide bonds. The molecule has 0 spiro atoms. The Labute approximate surface area is 83.2 Å². The number of aryl methyl sites for hydroxylation is 1. The third-order valence-corrected chi connectivity index (χ3v) is 2.10. The largest absolute Gasteiger partial charge is 0.396 e. The average Bonchev–Trinajstić information content (AvgIpc) is 2.20. The maximum absolute atomic E-state index is 11.2. The van der Waals surface area contributed by atoms with Crippen molar-refractivity contribution >= 4 is 0 Å². The summed E-state index contributed by atoms with van der Waals surface area (Å²) in [5.74, 6) is 0. The van der Waals surface area contributed by atoms with E-state index in [1.54, 1.807) is 10.9 Å². The Hall–Kier alpha value is -1.16. The van der Waals surface area contributed by atoms with Crippen LogP contribution in [0.15, 0.2) is 23.4 Å². The lowest BCUT2D eigenvalue weighted by atomic mass is 10.2. The quantitative estimate of drug-likeness (QED) is 0.684. The first kappa shape index (κ1) is 10.9. The lowest BCUT2D eigenvalue weighted by Gasteiger charge is -2.03. The first-order valence-corrected chi connectivity index (χ1v) is 4.96. The fourth-order valence-corrected chi connectivity index (χ4v) is 1.29. The maximum atomic E-state index is 11.2. The fourth-order valence-electron chi connectivity index (χ4n) is 1.29. The van der Waals surface area contributed by atoms with E-state index in [4.69, 9.17) is 5.11 Å². The molecule has 0 radical (unpaired) electrons. The highest BCUT2D eigenvalue weighted by Crippen LogP contribution is 1.99. The molecule has 0 aliphatic rings. The molecule has 0 fully saturated rings. The Morgan fingerprint density at radius 1 is 1.29 bits per heavy atom. The summed E-state index contributed by atoms with van der Waals surface area (Å²) in [5.41, 5.74) is 0.00200. The van der Waals surface area contributed by atoms with Crippen LogP contribution in [-0.2, 0) is 6.54 Å². The summed E-state index contributed by atoms with van der Waals surface area (Å²) in [6, 6.07) is 1.47. The zero-order valence-electron chi connectivity index (χ0n) is 8.22. The lowest BCUT2D eigenvalue weighted by Crippen LogP contribution is -2.18. The molecule has 1 N–H and O–H groups in total. The average molecular weight is 196 g/mol. The second-order valence-electron chi connectivity index (χ2n) is 3.25. The number of rotatable bonds is 6. The van der Waals surface area contributed by atoms with Crippen LogP contribution in [0.5, 0.6) is 0 Å². The zero-order valence-corrected chi connectivity index (χ0v) is 8.22. The van der Waals surface area contributed by atoms with Crippen LogP contribution in [0.3, 0.4) is 0 Å². The smallest absolute Gasteiger partial charge is 0.253 e. The number of unbranched alkanes of at least 4 members (excludes halogenated alkanes) is 3. The van der Waals surface area contributed by atoms with Gasteiger partial charge in [0.05, 0.1) is 6.33 Å². The van der Waals surface area contributed by atoms with Gasteiger partial charge in [-0.25, -0.2) is 4.98 Å². The third-order valence-electron chi connectivity index (χ3n) is 2.10. The van der Waals surface area contributed by atoms with Gasteiger partial charge in [-0.05, 0) is 12.8 Å². The number of aromatic nitrogens is 2. The predicted molar refractivity (Wildman–Crippen MR) is 54.1 cm³/mol. The number of aliphatic hydroxyl groups excluding tert-OH is 1. The minimum atomic E-state index is 0.00200. The Kier molecular flexibility index (Phi) is 4.93. The van der Waals surface area contributed by atoms with Crippen molar-refractivity contribution in [1.82, 2.24) is 9.55 Å². The van der Waals surface area contributed by atoms with Gasteiger partial charge in [-0.15, -0.1) is 0 Å². The third kappa shape index (κ3) is 3.70. The molecule has 4 nitrogen and oxygen atoms in total. The second-order valence-corrected chi connectivity index (χ2v) is 3.25. The molecule has 4 heteroatoms. The topological polar surface area (TPSA) is 55.1 Å². The summed E-state index contributed by atoms with van der Waals surface area (Å²) < 4.78 is 1.61. The standard InChI is InChI=1S/C10H16N2O2/c13-8-4-2-1-3-7-12-9-11-6-5-10(12)14/h5-6,9,13H,1-4,7-8H2. The van der Waals surface area contributed by atoms with Gasteiger partial charge in [-0.1, -0.05) is 12.8 Å². The number of nitrogens with zero attached hydrogens (tertiary/aromatic N) is 2. The van der Waals surface area contributed by atoms with Crippen molar-refractivity contribution in [3.63, 3.8) is 0 Å². The van der Waals surface area contributed by atoms with E-state index in [1.807, 2.05) is 0 Å². The number of hydrogen-bond acceptors (Lipinski definition) is 3. The van der Waals surface area contributed by atoms with Gasteiger partial charge in [0.1, 0.15) is 0 Å². The maximum Gasteiger partial charge on any atom is 0.253 e. The van der Waals surface area contributed by atoms with Gasteiger partial charge in [-0.2, -0.15) is 0 Å². The van der Waals surface area contributed by atoms with Crippen molar-refractivity contribution in [2.24, 2.45) is 0 Å². The molecule has 1 aromatic heterocycles. The van der Waals surface area contributed by atoms with E-state index in [-0.39, 0.29) is 12.2 Å². The highest BCUT2D eigenvalue weighted by molar-refractivity contribution is 4.81. The Morgan fingerprint density at radius 3 is 2.79 bits per heavy atom. The first-order valence-electron chi connectivity index (χ1n) is 4.96. The van der Waals surface area contributed by atoms with Crippen LogP contribution in [-0.4, -0.2) is 21.3 Å². The molecule has 0 unspecified atom stereocenters. The van der Waals surface area contributed by atoms with Crippen molar-refractivity contribution in [1.29, 1.82) is 0 Å². The monoisotopic (exact) mass is 196 g/mol. The van der Waals surface area contributed by atoms with Crippen molar-refractivity contribution in [2.45, 2.75) is 32.2 Å². The lowest BCUT2D eigenvalue weighted by molar-refractivity contribution is 0.282. The highest BCUT2D eigenvalue weighted by atomic mass is 16.2. The molecule has 0 aliphatic heterocycles. The van der Waals surface area contributed by atoms with Gasteiger partial charge < -0.3 is 5.11 Å². The number of hydrogen-bond donors (Lipinski definition) is 1. The molecule has 0 aromatic carbocycles. The summed E-state index contributed by atoms with van der Waals surface area (Å²) in [6.45, 7) is 0.977. The van der Waals surface area contributed by atoms with E-state index >= 15 is 0 Å². The summed E-state index contributed by atoms with van der Waals surface area (Å²) in [6.07, 6.45) is 6.94. The summed E-state index contributed by atoms with van der Waals surface area (Å²) in [5, 5.41) is 8.56. The van der Waals surface area contributed by atoms with E-state index in [9.17, 15) is 4.79 Å². The van der Waals surface area contributed by atoms with Crippen LogP contribution < -0.4 is 5.56 Å². The molecule has 1 rings (SSSR count). The minimum Gasteiger partial charge on any atom is -0.396 e. The van der Waals surface area contributed by atoms with Crippen molar-refractivity contribution in [2.75, 3.05) is 6.61 Å². The van der Waals surface area contributed by atoms with Crippen LogP contribution >= 0.6 is 0 Å². The van der Waals surface area contributed by atoms with Gasteiger partial charge in [0, 0.05) is 25.4 Å². The first-order chi connectivity index (χ1) is 6.84. The summed E-state index contributed by atoms with van der Waals surface area (Å²) in [7, 11) is 0. The molecule has 0 atom stereocenters. The predicted octanol–water partition coefficient (Wildman–Crippen LogP) is 0.796. The van der Waals surface area contributed by atoms with Crippen molar-refractivity contribution in [3.8, 4) is 0 Å². The van der Waals surface area contributed by atoms with Gasteiger partial charge in [0.2, 0.25) is 0 Å². The Bertz CT molecular complexity index is 309. The molecule has 0 saturated carbocycles. The zero-order chi connectivity index (χ0) is 10.2. The van der Waals surface area contributed by atoms with Crippen molar-refractivity contribution in [3.05, 3.63) is 28.9 Å². The van der Waals surface area contributed by atoms with E-state index < -0.39 is 0 Å². The van der Waals surface area contributed by atoms with E-state index in [0.717, 1.165) is 32.2 Å². The molecule has 0 bridgehead atoms. The van der Waals surface area contributed by atoms with Crippen molar-refractivity contribution < 1.29 is 5.11 Å². The minimum absolute atomic E-state index is 0.00200. The van der Waals surface area contributed by atoms with E-state index in [2.05, 4.69) is 4.98 Å². The van der Waals surface area contributed by atoms with E-state index in [1.165, 1.54) is 12.3 Å². The fraction of sp³-hybridized carbons (Fsp3) is 0.600. The molecule has 14 heavy (non-hydrogen) atoms. The molecule has 0 saturated heterocycles. The van der Waals surface area contributed by atoms with Crippen LogP contribution in [0.4, 0.5) is 0 Å². The van der Waals surface area contributed by atoms with Gasteiger partial charge >= 0.3 is 0 Å². The van der Waals surface area contributed by atoms with E-state index in [0.29, 0.717) is 0 Å². The Balaban J connectivity index is 2.25. The normalized spacial score (nSPS) is 10.4. The Morgan fingerprint density at radius 2 is 2.07 bits per heavy atom. The number of aliphatic hydroxyl groups is 1. The summed E-state index contributed by atoms with van der Waals surface area (Å²) in [4.78, 5) is 15.1. The van der Waals surface area contributed by atoms with Crippen LogP contribution in [0.25, 0.3) is 0 Å². The highest BCUT2D eigenvalue weighted by Gasteiger charge is 1.94. The van der Waals surface area contributed by atoms with Crippen LogP contribution in [0.1, 0.15) is 25.7 Å². The molecule has 78 valence electrons. The molecular weight excluding hydrogens is 180 g/mol. The van der Waals surface area contributed by atoms with Crippen LogP contribution in [0, 0.1) is 0 Å². The molecular formula is C10H16N2O2. The molecule has 1 heterocycles. The van der Waals surface area contributed by atoms with Gasteiger partial charge in [0.15, 0.2) is 0 Å². The second kappa shape index (κ2) is 6.32. The van der Waals surface area contributed by atoms with Gasteiger partial charge in [-0.3, -0.25) is 9.36 Å². The summed E-state index contributed by atoms with van der Waals surface area (Å²) >= 11 is 0. The molecule has 0 aliphatic carbocycles. The van der Waals surface area contributed by atoms with Gasteiger partial charge in [0.25, 0.3) is 5.56 Å². The SMILES string of the molecule is O=c1ccncn1CCCCCCO. The van der Waals surface area contributed by atoms with Crippen LogP contribution in [0.2, 0.25) is 0 Å². The molecule has 1 aromatic rings.